The second kappa shape index (κ2) is 6.94. The van der Waals surface area contributed by atoms with E-state index in [1.807, 2.05) is 24.3 Å². The van der Waals surface area contributed by atoms with Crippen molar-refractivity contribution < 1.29 is 4.79 Å². The van der Waals surface area contributed by atoms with Crippen LogP contribution in [0.2, 0.25) is 0 Å². The maximum Gasteiger partial charge on any atom is 0.319 e. The van der Waals surface area contributed by atoms with Gasteiger partial charge in [0.2, 0.25) is 0 Å². The molecule has 2 N–H and O–H groups in total. The maximum absolute atomic E-state index is 11.5. The minimum Gasteiger partial charge on any atom is -0.338 e. The summed E-state index contributed by atoms with van der Waals surface area (Å²) in [6.45, 7) is 7.14. The standard InChI is InChI=1S/C14H22N2O/c1-4-5-10-15-14(17)16-13-8-6-12(7-9-13)11(2)3/h6-9,11H,4-5,10H2,1-3H3,(H2,15,16,17). The zero-order valence-corrected chi connectivity index (χ0v) is 10.9. The first-order valence-corrected chi connectivity index (χ1v) is 6.28. The predicted molar refractivity (Wildman–Crippen MR) is 72.5 cm³/mol. The Morgan fingerprint density at radius 2 is 1.88 bits per heavy atom. The summed E-state index contributed by atoms with van der Waals surface area (Å²) in [6.07, 6.45) is 2.10. The number of benzene rings is 1. The van der Waals surface area contributed by atoms with Gasteiger partial charge in [0.1, 0.15) is 0 Å². The molecule has 0 heterocycles. The van der Waals surface area contributed by atoms with Gasteiger partial charge in [-0.3, -0.25) is 0 Å². The van der Waals surface area contributed by atoms with Crippen LogP contribution in [0.5, 0.6) is 0 Å². The molecule has 0 atom stereocenters. The summed E-state index contributed by atoms with van der Waals surface area (Å²) in [5, 5.41) is 5.64. The van der Waals surface area contributed by atoms with Gasteiger partial charge in [0.15, 0.2) is 0 Å². The highest BCUT2D eigenvalue weighted by Gasteiger charge is 2.02. The molecule has 0 saturated heterocycles. The fourth-order valence-electron chi connectivity index (χ4n) is 1.51. The number of rotatable bonds is 5. The lowest BCUT2D eigenvalue weighted by Crippen LogP contribution is -2.29. The molecule has 94 valence electrons. The first kappa shape index (κ1) is 13.6. The summed E-state index contributed by atoms with van der Waals surface area (Å²) in [4.78, 5) is 11.5. The minimum atomic E-state index is -0.129. The highest BCUT2D eigenvalue weighted by Crippen LogP contribution is 2.16. The van der Waals surface area contributed by atoms with Crippen LogP contribution in [-0.2, 0) is 0 Å². The second-order valence-corrected chi connectivity index (χ2v) is 4.51. The van der Waals surface area contributed by atoms with Gasteiger partial charge in [-0.2, -0.15) is 0 Å². The van der Waals surface area contributed by atoms with E-state index in [1.165, 1.54) is 5.56 Å². The molecule has 0 saturated carbocycles. The van der Waals surface area contributed by atoms with E-state index < -0.39 is 0 Å². The Bertz CT molecular complexity index is 344. The Hall–Kier alpha value is -1.51. The number of urea groups is 1. The molecule has 0 spiro atoms. The van der Waals surface area contributed by atoms with Crippen molar-refractivity contribution in [2.75, 3.05) is 11.9 Å². The molecule has 1 aromatic rings. The summed E-state index contributed by atoms with van der Waals surface area (Å²) >= 11 is 0. The van der Waals surface area contributed by atoms with Crippen LogP contribution in [0.15, 0.2) is 24.3 Å². The molecule has 0 aliphatic heterocycles. The Morgan fingerprint density at radius 3 is 2.41 bits per heavy atom. The number of nitrogens with one attached hydrogen (secondary N) is 2. The normalized spacial score (nSPS) is 10.4. The molecule has 0 radical (unpaired) electrons. The smallest absolute Gasteiger partial charge is 0.319 e. The Balaban J connectivity index is 2.43. The Morgan fingerprint density at radius 1 is 1.24 bits per heavy atom. The molecule has 3 nitrogen and oxygen atoms in total. The Kier molecular flexibility index (Phi) is 5.53. The fourth-order valence-corrected chi connectivity index (χ4v) is 1.51. The largest absolute Gasteiger partial charge is 0.338 e. The highest BCUT2D eigenvalue weighted by atomic mass is 16.2. The first-order valence-electron chi connectivity index (χ1n) is 6.28. The lowest BCUT2D eigenvalue weighted by Gasteiger charge is -2.09. The van der Waals surface area contributed by atoms with E-state index in [4.69, 9.17) is 0 Å². The lowest BCUT2D eigenvalue weighted by molar-refractivity contribution is 0.252. The quantitative estimate of drug-likeness (QED) is 0.749. The van der Waals surface area contributed by atoms with Gasteiger partial charge in [0.05, 0.1) is 0 Å². The van der Waals surface area contributed by atoms with Gasteiger partial charge < -0.3 is 10.6 Å². The van der Waals surface area contributed by atoms with Crippen molar-refractivity contribution in [2.45, 2.75) is 39.5 Å². The van der Waals surface area contributed by atoms with Crippen LogP contribution in [0.3, 0.4) is 0 Å². The van der Waals surface area contributed by atoms with Crippen LogP contribution in [0, 0.1) is 0 Å². The van der Waals surface area contributed by atoms with E-state index >= 15 is 0 Å². The number of anilines is 1. The average molecular weight is 234 g/mol. The first-order chi connectivity index (χ1) is 8.13. The molecular weight excluding hydrogens is 212 g/mol. The summed E-state index contributed by atoms with van der Waals surface area (Å²) < 4.78 is 0. The lowest BCUT2D eigenvalue weighted by atomic mass is 10.0. The molecule has 0 aliphatic rings. The Labute approximate surface area is 104 Å². The molecule has 17 heavy (non-hydrogen) atoms. The molecule has 0 unspecified atom stereocenters. The van der Waals surface area contributed by atoms with Crippen LogP contribution in [0.1, 0.15) is 45.1 Å². The third kappa shape index (κ3) is 4.89. The van der Waals surface area contributed by atoms with E-state index in [2.05, 4.69) is 31.4 Å². The molecule has 0 aliphatic carbocycles. The second-order valence-electron chi connectivity index (χ2n) is 4.51. The van der Waals surface area contributed by atoms with Gasteiger partial charge in [-0.05, 0) is 30.0 Å². The highest BCUT2D eigenvalue weighted by molar-refractivity contribution is 5.89. The van der Waals surface area contributed by atoms with Gasteiger partial charge in [0.25, 0.3) is 0 Å². The zero-order valence-electron chi connectivity index (χ0n) is 10.9. The van der Waals surface area contributed by atoms with Crippen LogP contribution in [0.4, 0.5) is 10.5 Å². The molecule has 1 rings (SSSR count). The molecule has 2 amide bonds. The molecule has 0 fully saturated rings. The van der Waals surface area contributed by atoms with Gasteiger partial charge in [0, 0.05) is 12.2 Å². The summed E-state index contributed by atoms with van der Waals surface area (Å²) in [6, 6.07) is 7.85. The van der Waals surface area contributed by atoms with Crippen molar-refractivity contribution >= 4 is 11.7 Å². The van der Waals surface area contributed by atoms with Crippen molar-refractivity contribution in [1.29, 1.82) is 0 Å². The van der Waals surface area contributed by atoms with E-state index in [0.29, 0.717) is 5.92 Å². The number of carbonyl (C=O) groups excluding carboxylic acids is 1. The summed E-state index contributed by atoms with van der Waals surface area (Å²) in [5.41, 5.74) is 2.12. The van der Waals surface area contributed by atoms with Gasteiger partial charge in [-0.1, -0.05) is 39.3 Å². The van der Waals surface area contributed by atoms with Crippen LogP contribution < -0.4 is 10.6 Å². The maximum atomic E-state index is 11.5. The monoisotopic (exact) mass is 234 g/mol. The fraction of sp³-hybridized carbons (Fsp3) is 0.500. The molecule has 3 heteroatoms. The number of unbranched alkanes of at least 4 members (excludes halogenated alkanes) is 1. The number of hydrogen-bond donors (Lipinski definition) is 2. The summed E-state index contributed by atoms with van der Waals surface area (Å²) in [5.74, 6) is 0.516. The molecular formula is C14H22N2O. The van der Waals surface area contributed by atoms with E-state index in [1.54, 1.807) is 0 Å². The number of carbonyl (C=O) groups is 1. The minimum absolute atomic E-state index is 0.129. The van der Waals surface area contributed by atoms with Crippen molar-refractivity contribution in [3.05, 3.63) is 29.8 Å². The van der Waals surface area contributed by atoms with Gasteiger partial charge in [-0.25, -0.2) is 4.79 Å². The van der Waals surface area contributed by atoms with E-state index in [0.717, 1.165) is 25.1 Å². The number of amides is 2. The average Bonchev–Trinajstić information content (AvgIpc) is 2.30. The van der Waals surface area contributed by atoms with E-state index in [9.17, 15) is 4.79 Å². The summed E-state index contributed by atoms with van der Waals surface area (Å²) in [7, 11) is 0. The van der Waals surface area contributed by atoms with Crippen molar-refractivity contribution in [3.63, 3.8) is 0 Å². The molecule has 0 aromatic heterocycles. The predicted octanol–water partition coefficient (Wildman–Crippen LogP) is 3.73. The van der Waals surface area contributed by atoms with Crippen molar-refractivity contribution in [1.82, 2.24) is 5.32 Å². The third-order valence-electron chi connectivity index (χ3n) is 2.65. The number of hydrogen-bond acceptors (Lipinski definition) is 1. The van der Waals surface area contributed by atoms with Gasteiger partial charge in [-0.15, -0.1) is 0 Å². The van der Waals surface area contributed by atoms with Gasteiger partial charge >= 0.3 is 6.03 Å². The van der Waals surface area contributed by atoms with Crippen molar-refractivity contribution in [2.24, 2.45) is 0 Å². The van der Waals surface area contributed by atoms with Crippen LogP contribution in [0.25, 0.3) is 0 Å². The van der Waals surface area contributed by atoms with Crippen molar-refractivity contribution in [3.8, 4) is 0 Å². The molecule has 1 aromatic carbocycles. The SMILES string of the molecule is CCCCNC(=O)Nc1ccc(C(C)C)cc1. The van der Waals surface area contributed by atoms with E-state index in [-0.39, 0.29) is 6.03 Å². The topological polar surface area (TPSA) is 41.1 Å². The third-order valence-corrected chi connectivity index (χ3v) is 2.65. The van der Waals surface area contributed by atoms with Crippen LogP contribution in [-0.4, -0.2) is 12.6 Å². The van der Waals surface area contributed by atoms with Crippen LogP contribution >= 0.6 is 0 Å². The zero-order chi connectivity index (χ0) is 12.7. The molecule has 0 bridgehead atoms.